The fourth-order valence-electron chi connectivity index (χ4n) is 1.53. The molecule has 0 spiro atoms. The van der Waals surface area contributed by atoms with Crippen LogP contribution in [-0.2, 0) is 4.74 Å². The van der Waals surface area contributed by atoms with E-state index in [1.165, 1.54) is 5.56 Å². The predicted octanol–water partition coefficient (Wildman–Crippen LogP) is 1.06. The predicted molar refractivity (Wildman–Crippen MR) is 47.0 cm³/mol. The Bertz CT molecular complexity index is 233. The molecular formula is C9H14N2O. The van der Waals surface area contributed by atoms with E-state index in [1.54, 1.807) is 0 Å². The highest BCUT2D eigenvalue weighted by atomic mass is 16.5. The quantitative estimate of drug-likeness (QED) is 0.654. The van der Waals surface area contributed by atoms with E-state index in [2.05, 4.69) is 23.3 Å². The molecule has 0 amide bonds. The zero-order chi connectivity index (χ0) is 8.39. The van der Waals surface area contributed by atoms with Gasteiger partial charge in [-0.1, -0.05) is 0 Å². The molecule has 66 valence electrons. The van der Waals surface area contributed by atoms with Gasteiger partial charge in [0.05, 0.1) is 12.2 Å². The van der Waals surface area contributed by atoms with E-state index in [1.807, 2.05) is 12.4 Å². The summed E-state index contributed by atoms with van der Waals surface area (Å²) < 4.78 is 5.75. The van der Waals surface area contributed by atoms with Crippen molar-refractivity contribution < 1.29 is 4.74 Å². The minimum atomic E-state index is 0.222. The molecule has 0 aromatic carbocycles. The van der Waals surface area contributed by atoms with Gasteiger partial charge in [0.1, 0.15) is 0 Å². The molecule has 2 unspecified atom stereocenters. The number of hydrogen-bond donors (Lipinski definition) is 2. The van der Waals surface area contributed by atoms with Crippen LogP contribution in [0, 0.1) is 0 Å². The summed E-state index contributed by atoms with van der Waals surface area (Å²) in [5.41, 5.74) is 1.23. The Morgan fingerprint density at radius 2 is 2.42 bits per heavy atom. The van der Waals surface area contributed by atoms with Crippen LogP contribution in [0.25, 0.3) is 0 Å². The minimum absolute atomic E-state index is 0.222. The third kappa shape index (κ3) is 1.52. The third-order valence-corrected chi connectivity index (χ3v) is 2.15. The number of H-pyrrole nitrogens is 1. The van der Waals surface area contributed by atoms with Crippen LogP contribution in [0.15, 0.2) is 18.5 Å². The fourth-order valence-corrected chi connectivity index (χ4v) is 1.53. The standard InChI is InChI=1S/C9H14N2O/c1-7-4-11-6-9(12-7)8-2-3-10-5-8/h2-3,5,7,9-11H,4,6H2,1H3. The van der Waals surface area contributed by atoms with Crippen molar-refractivity contribution in [2.24, 2.45) is 0 Å². The van der Waals surface area contributed by atoms with Crippen molar-refractivity contribution in [1.82, 2.24) is 10.3 Å². The van der Waals surface area contributed by atoms with E-state index in [4.69, 9.17) is 4.74 Å². The maximum Gasteiger partial charge on any atom is 0.0968 e. The Morgan fingerprint density at radius 1 is 1.50 bits per heavy atom. The summed E-state index contributed by atoms with van der Waals surface area (Å²) in [6.07, 6.45) is 4.46. The van der Waals surface area contributed by atoms with E-state index in [9.17, 15) is 0 Å². The van der Waals surface area contributed by atoms with Crippen molar-refractivity contribution in [2.45, 2.75) is 19.1 Å². The third-order valence-electron chi connectivity index (χ3n) is 2.15. The fraction of sp³-hybridized carbons (Fsp3) is 0.556. The molecule has 2 rings (SSSR count). The molecule has 1 saturated heterocycles. The average molecular weight is 166 g/mol. The molecule has 1 aromatic rings. The number of rotatable bonds is 1. The Morgan fingerprint density at radius 3 is 3.08 bits per heavy atom. The van der Waals surface area contributed by atoms with Crippen LogP contribution in [0.2, 0.25) is 0 Å². The lowest BCUT2D eigenvalue weighted by Gasteiger charge is -2.28. The Hall–Kier alpha value is -0.800. The summed E-state index contributed by atoms with van der Waals surface area (Å²) in [6, 6.07) is 2.06. The lowest BCUT2D eigenvalue weighted by Crippen LogP contribution is -2.38. The summed E-state index contributed by atoms with van der Waals surface area (Å²) in [4.78, 5) is 3.03. The normalized spacial score (nSPS) is 30.4. The molecule has 1 aliphatic rings. The van der Waals surface area contributed by atoms with Crippen LogP contribution in [0.4, 0.5) is 0 Å². The second-order valence-electron chi connectivity index (χ2n) is 3.24. The number of nitrogens with one attached hydrogen (secondary N) is 2. The molecular weight excluding hydrogens is 152 g/mol. The molecule has 2 heterocycles. The van der Waals surface area contributed by atoms with Gasteiger partial charge in [0.25, 0.3) is 0 Å². The van der Waals surface area contributed by atoms with E-state index >= 15 is 0 Å². The van der Waals surface area contributed by atoms with Crippen LogP contribution in [0.1, 0.15) is 18.6 Å². The van der Waals surface area contributed by atoms with E-state index in [-0.39, 0.29) is 6.10 Å². The van der Waals surface area contributed by atoms with Gasteiger partial charge in [-0.2, -0.15) is 0 Å². The van der Waals surface area contributed by atoms with Crippen molar-refractivity contribution in [3.63, 3.8) is 0 Å². The number of ether oxygens (including phenoxy) is 1. The molecule has 1 fully saturated rings. The molecule has 0 radical (unpaired) electrons. The van der Waals surface area contributed by atoms with Gasteiger partial charge in [-0.25, -0.2) is 0 Å². The second-order valence-corrected chi connectivity index (χ2v) is 3.24. The van der Waals surface area contributed by atoms with Crippen LogP contribution in [0.5, 0.6) is 0 Å². The summed E-state index contributed by atoms with van der Waals surface area (Å²) in [6.45, 7) is 3.97. The smallest absolute Gasteiger partial charge is 0.0968 e. The first-order chi connectivity index (χ1) is 5.86. The number of hydrogen-bond acceptors (Lipinski definition) is 2. The topological polar surface area (TPSA) is 37.0 Å². The zero-order valence-electron chi connectivity index (χ0n) is 7.21. The lowest BCUT2D eigenvalue weighted by atomic mass is 10.1. The highest BCUT2D eigenvalue weighted by Gasteiger charge is 2.19. The molecule has 1 aliphatic heterocycles. The van der Waals surface area contributed by atoms with E-state index < -0.39 is 0 Å². The van der Waals surface area contributed by atoms with E-state index in [0.29, 0.717) is 6.10 Å². The Labute approximate surface area is 72.1 Å². The Kier molecular flexibility index (Phi) is 2.15. The summed E-state index contributed by atoms with van der Waals surface area (Å²) in [5.74, 6) is 0. The van der Waals surface area contributed by atoms with Crippen molar-refractivity contribution in [3.8, 4) is 0 Å². The molecule has 0 aliphatic carbocycles. The molecule has 0 saturated carbocycles. The van der Waals surface area contributed by atoms with Gasteiger partial charge in [0.2, 0.25) is 0 Å². The van der Waals surface area contributed by atoms with Crippen molar-refractivity contribution >= 4 is 0 Å². The van der Waals surface area contributed by atoms with Crippen molar-refractivity contribution in [1.29, 1.82) is 0 Å². The van der Waals surface area contributed by atoms with Gasteiger partial charge in [0.15, 0.2) is 0 Å². The number of aromatic nitrogens is 1. The van der Waals surface area contributed by atoms with Gasteiger partial charge in [-0.15, -0.1) is 0 Å². The average Bonchev–Trinajstić information content (AvgIpc) is 2.56. The molecule has 1 aromatic heterocycles. The minimum Gasteiger partial charge on any atom is -0.368 e. The summed E-state index contributed by atoms with van der Waals surface area (Å²) in [5, 5.41) is 3.33. The highest BCUT2D eigenvalue weighted by molar-refractivity contribution is 5.13. The van der Waals surface area contributed by atoms with Gasteiger partial charge in [0, 0.05) is 25.5 Å². The van der Waals surface area contributed by atoms with Crippen LogP contribution >= 0.6 is 0 Å². The molecule has 3 heteroatoms. The monoisotopic (exact) mass is 166 g/mol. The zero-order valence-corrected chi connectivity index (χ0v) is 7.21. The first kappa shape index (κ1) is 7.83. The summed E-state index contributed by atoms with van der Waals surface area (Å²) >= 11 is 0. The van der Waals surface area contributed by atoms with Gasteiger partial charge < -0.3 is 15.0 Å². The first-order valence-corrected chi connectivity index (χ1v) is 4.35. The van der Waals surface area contributed by atoms with Crippen LogP contribution < -0.4 is 5.32 Å². The van der Waals surface area contributed by atoms with E-state index in [0.717, 1.165) is 13.1 Å². The lowest BCUT2D eigenvalue weighted by molar-refractivity contribution is -0.0286. The van der Waals surface area contributed by atoms with Crippen LogP contribution in [0.3, 0.4) is 0 Å². The maximum atomic E-state index is 5.75. The molecule has 2 N–H and O–H groups in total. The largest absolute Gasteiger partial charge is 0.368 e. The molecule has 0 bridgehead atoms. The molecule has 3 nitrogen and oxygen atoms in total. The van der Waals surface area contributed by atoms with Crippen molar-refractivity contribution in [3.05, 3.63) is 24.0 Å². The van der Waals surface area contributed by atoms with Crippen LogP contribution in [-0.4, -0.2) is 24.2 Å². The van der Waals surface area contributed by atoms with Gasteiger partial charge in [-0.3, -0.25) is 0 Å². The summed E-state index contributed by atoms with van der Waals surface area (Å²) in [7, 11) is 0. The number of aromatic amines is 1. The highest BCUT2D eigenvalue weighted by Crippen LogP contribution is 2.20. The maximum absolute atomic E-state index is 5.75. The first-order valence-electron chi connectivity index (χ1n) is 4.35. The Balaban J connectivity index is 2.04. The van der Waals surface area contributed by atoms with Gasteiger partial charge in [-0.05, 0) is 18.6 Å². The molecule has 2 atom stereocenters. The van der Waals surface area contributed by atoms with Gasteiger partial charge >= 0.3 is 0 Å². The van der Waals surface area contributed by atoms with Crippen molar-refractivity contribution in [2.75, 3.05) is 13.1 Å². The second kappa shape index (κ2) is 3.29. The SMILES string of the molecule is CC1CNCC(c2cc[nH]c2)O1. The number of morpholine rings is 1. The molecule has 12 heavy (non-hydrogen) atoms.